The van der Waals surface area contributed by atoms with Crippen LogP contribution in [-0.2, 0) is 16.0 Å². The van der Waals surface area contributed by atoms with E-state index in [1.807, 2.05) is 61.5 Å². The number of carbonyl (C=O) groups excluding carboxylic acids is 2. The Hall–Kier alpha value is -4.45. The van der Waals surface area contributed by atoms with Crippen LogP contribution in [-0.4, -0.2) is 38.8 Å². The van der Waals surface area contributed by atoms with Crippen molar-refractivity contribution in [3.8, 4) is 5.69 Å². The summed E-state index contributed by atoms with van der Waals surface area (Å²) in [7, 11) is 0. The first-order valence-electron chi connectivity index (χ1n) is 11.3. The highest BCUT2D eigenvalue weighted by Gasteiger charge is 2.38. The van der Waals surface area contributed by atoms with E-state index >= 15 is 0 Å². The molecule has 3 aromatic carbocycles. The molecule has 0 radical (unpaired) electrons. The standard InChI is InChI=1S/C25H21BrN4O2.C2HF3O2/c1-17-5-2-6-18(11-17)12-24(31)28-22-15-27-30(16-22)23-10-3-7-19(13-23)25(32)29-21-9-4-8-20(26)14-21;3-2(4,5)1(6)7/h2-11,13-16H,12H2,1H3,(H,28,31)(H,29,32);(H,6,7). The quantitative estimate of drug-likeness (QED) is 0.250. The maximum absolute atomic E-state index is 12.6. The van der Waals surface area contributed by atoms with E-state index in [1.165, 1.54) is 0 Å². The van der Waals surface area contributed by atoms with E-state index in [2.05, 4.69) is 31.7 Å². The van der Waals surface area contributed by atoms with Crippen LogP contribution in [0.2, 0.25) is 0 Å². The molecule has 4 rings (SSSR count). The van der Waals surface area contributed by atoms with Crippen LogP contribution in [0.3, 0.4) is 0 Å². The molecule has 0 unspecified atom stereocenters. The number of anilines is 2. The zero-order valence-electron chi connectivity index (χ0n) is 20.4. The monoisotopic (exact) mass is 602 g/mol. The van der Waals surface area contributed by atoms with Gasteiger partial charge in [-0.1, -0.05) is 57.9 Å². The van der Waals surface area contributed by atoms with Crippen molar-refractivity contribution in [2.75, 3.05) is 10.6 Å². The second-order valence-corrected chi connectivity index (χ2v) is 9.12. The number of benzene rings is 3. The summed E-state index contributed by atoms with van der Waals surface area (Å²) in [6.07, 6.45) is -1.49. The molecule has 1 aromatic heterocycles. The van der Waals surface area contributed by atoms with Crippen molar-refractivity contribution in [1.29, 1.82) is 0 Å². The van der Waals surface area contributed by atoms with Gasteiger partial charge in [-0.25, -0.2) is 9.48 Å². The van der Waals surface area contributed by atoms with Crippen molar-refractivity contribution in [2.24, 2.45) is 0 Å². The molecule has 1 heterocycles. The molecule has 0 aliphatic heterocycles. The molecule has 0 saturated carbocycles. The van der Waals surface area contributed by atoms with Crippen LogP contribution in [0.25, 0.3) is 5.69 Å². The summed E-state index contributed by atoms with van der Waals surface area (Å²) in [4.78, 5) is 33.9. The molecule has 202 valence electrons. The smallest absolute Gasteiger partial charge is 0.475 e. The second-order valence-electron chi connectivity index (χ2n) is 8.21. The van der Waals surface area contributed by atoms with E-state index < -0.39 is 12.1 Å². The molecule has 0 bridgehead atoms. The van der Waals surface area contributed by atoms with Gasteiger partial charge in [0.25, 0.3) is 5.91 Å². The number of rotatable bonds is 6. The molecule has 0 fully saturated rings. The van der Waals surface area contributed by atoms with Crippen LogP contribution < -0.4 is 10.6 Å². The zero-order valence-corrected chi connectivity index (χ0v) is 22.0. The highest BCUT2D eigenvalue weighted by Crippen LogP contribution is 2.18. The van der Waals surface area contributed by atoms with Gasteiger partial charge in [0.2, 0.25) is 5.91 Å². The van der Waals surface area contributed by atoms with Crippen LogP contribution >= 0.6 is 15.9 Å². The highest BCUT2D eigenvalue weighted by atomic mass is 79.9. The van der Waals surface area contributed by atoms with Gasteiger partial charge in [0.1, 0.15) is 0 Å². The molecule has 0 aliphatic carbocycles. The Bertz CT molecular complexity index is 1490. The molecule has 0 aliphatic rings. The number of halogens is 4. The van der Waals surface area contributed by atoms with Crippen LogP contribution in [0.1, 0.15) is 21.5 Å². The molecule has 8 nitrogen and oxygen atoms in total. The fourth-order valence-electron chi connectivity index (χ4n) is 3.30. The number of aromatic nitrogens is 2. The number of carboxylic acids is 1. The summed E-state index contributed by atoms with van der Waals surface area (Å²) >= 11 is 3.40. The van der Waals surface area contributed by atoms with Crippen LogP contribution in [0, 0.1) is 6.92 Å². The fourth-order valence-corrected chi connectivity index (χ4v) is 3.70. The van der Waals surface area contributed by atoms with Crippen molar-refractivity contribution in [3.05, 3.63) is 106 Å². The van der Waals surface area contributed by atoms with E-state index in [4.69, 9.17) is 9.90 Å². The van der Waals surface area contributed by atoms with Gasteiger partial charge >= 0.3 is 12.1 Å². The third-order valence-corrected chi connectivity index (χ3v) is 5.50. The lowest BCUT2D eigenvalue weighted by Gasteiger charge is -2.08. The molecule has 12 heteroatoms. The topological polar surface area (TPSA) is 113 Å². The van der Waals surface area contributed by atoms with Gasteiger partial charge in [-0.3, -0.25) is 9.59 Å². The Morgan fingerprint density at radius 3 is 2.31 bits per heavy atom. The Kier molecular flexibility index (Phi) is 9.61. The van der Waals surface area contributed by atoms with Crippen molar-refractivity contribution < 1.29 is 32.7 Å². The SMILES string of the molecule is Cc1cccc(CC(=O)Nc2cnn(-c3cccc(C(=O)Nc4cccc(Br)c4)c3)c2)c1.O=C(O)C(F)(F)F. The molecule has 39 heavy (non-hydrogen) atoms. The molecule has 4 aromatic rings. The summed E-state index contributed by atoms with van der Waals surface area (Å²) in [6.45, 7) is 2.00. The first kappa shape index (κ1) is 29.1. The first-order valence-corrected chi connectivity index (χ1v) is 12.1. The summed E-state index contributed by atoms with van der Waals surface area (Å²) in [6, 6.07) is 22.4. The average molecular weight is 603 g/mol. The molecule has 0 atom stereocenters. The average Bonchev–Trinajstić information content (AvgIpc) is 3.32. The summed E-state index contributed by atoms with van der Waals surface area (Å²) in [5.41, 5.74) is 4.58. The number of hydrogen-bond donors (Lipinski definition) is 3. The van der Waals surface area contributed by atoms with E-state index in [9.17, 15) is 22.8 Å². The number of aliphatic carboxylic acids is 1. The number of alkyl halides is 3. The van der Waals surface area contributed by atoms with Crippen molar-refractivity contribution in [3.63, 3.8) is 0 Å². The minimum atomic E-state index is -5.08. The maximum Gasteiger partial charge on any atom is 0.490 e. The van der Waals surface area contributed by atoms with Gasteiger partial charge in [0, 0.05) is 15.7 Å². The molecule has 3 N–H and O–H groups in total. The predicted molar refractivity (Wildman–Crippen MR) is 143 cm³/mol. The van der Waals surface area contributed by atoms with E-state index in [1.54, 1.807) is 35.3 Å². The number of carboxylic acid groups (broad SMARTS) is 1. The van der Waals surface area contributed by atoms with E-state index in [0.29, 0.717) is 22.6 Å². The Balaban J connectivity index is 0.000000532. The van der Waals surface area contributed by atoms with E-state index in [0.717, 1.165) is 15.6 Å². The number of hydrogen-bond acceptors (Lipinski definition) is 4. The fraction of sp³-hybridized carbons (Fsp3) is 0.111. The van der Waals surface area contributed by atoms with Gasteiger partial charge in [-0.15, -0.1) is 0 Å². The second kappa shape index (κ2) is 12.9. The van der Waals surface area contributed by atoms with Crippen molar-refractivity contribution in [1.82, 2.24) is 9.78 Å². The minimum Gasteiger partial charge on any atom is -0.475 e. The molecular weight excluding hydrogens is 581 g/mol. The number of aryl methyl sites for hydroxylation is 1. The molecule has 2 amide bonds. The van der Waals surface area contributed by atoms with Gasteiger partial charge < -0.3 is 15.7 Å². The van der Waals surface area contributed by atoms with Crippen LogP contribution in [0.15, 0.2) is 89.7 Å². The summed E-state index contributed by atoms with van der Waals surface area (Å²) in [5.74, 6) is -3.09. The summed E-state index contributed by atoms with van der Waals surface area (Å²) in [5, 5.41) is 17.2. The highest BCUT2D eigenvalue weighted by molar-refractivity contribution is 9.10. The van der Waals surface area contributed by atoms with Gasteiger partial charge in [0.15, 0.2) is 0 Å². The predicted octanol–water partition coefficient (Wildman–Crippen LogP) is 6.01. The Morgan fingerprint density at radius 1 is 0.949 bits per heavy atom. The maximum atomic E-state index is 12.6. The number of nitrogens with zero attached hydrogens (tertiary/aromatic N) is 2. The van der Waals surface area contributed by atoms with Crippen LogP contribution in [0.4, 0.5) is 24.5 Å². The van der Waals surface area contributed by atoms with Crippen molar-refractivity contribution >= 4 is 45.1 Å². The first-order chi connectivity index (χ1) is 18.4. The Labute approximate surface area is 229 Å². The summed E-state index contributed by atoms with van der Waals surface area (Å²) < 4.78 is 34.2. The number of carbonyl (C=O) groups is 3. The van der Waals surface area contributed by atoms with Gasteiger partial charge in [-0.05, 0) is 48.9 Å². The molecular formula is C27H22BrF3N4O4. The lowest BCUT2D eigenvalue weighted by Crippen LogP contribution is -2.21. The van der Waals surface area contributed by atoms with Gasteiger partial charge in [0.05, 0.1) is 30.2 Å². The number of amides is 2. The van der Waals surface area contributed by atoms with E-state index in [-0.39, 0.29) is 18.2 Å². The molecule has 0 spiro atoms. The third-order valence-electron chi connectivity index (χ3n) is 5.01. The zero-order chi connectivity index (χ0) is 28.6. The normalized spacial score (nSPS) is 10.7. The minimum absolute atomic E-state index is 0.114. The largest absolute Gasteiger partial charge is 0.490 e. The Morgan fingerprint density at radius 2 is 1.64 bits per heavy atom. The number of nitrogens with one attached hydrogen (secondary N) is 2. The lowest BCUT2D eigenvalue weighted by molar-refractivity contribution is -0.192. The van der Waals surface area contributed by atoms with Gasteiger partial charge in [-0.2, -0.15) is 18.3 Å². The molecule has 0 saturated heterocycles. The van der Waals surface area contributed by atoms with Crippen LogP contribution in [0.5, 0.6) is 0 Å². The van der Waals surface area contributed by atoms with Crippen molar-refractivity contribution in [2.45, 2.75) is 19.5 Å². The lowest BCUT2D eigenvalue weighted by atomic mass is 10.1. The third kappa shape index (κ3) is 9.11.